The van der Waals surface area contributed by atoms with Gasteiger partial charge in [-0.1, -0.05) is 19.4 Å². The van der Waals surface area contributed by atoms with Crippen LogP contribution in [-0.2, 0) is 4.79 Å². The SMILES string of the molecule is CC1CC[C@H]2/C(=C\C(=O)O)CCC[C@]12C. The minimum Gasteiger partial charge on any atom is -0.478 e. The Bertz CT molecular complexity index is 306. The van der Waals surface area contributed by atoms with Crippen molar-refractivity contribution in [3.63, 3.8) is 0 Å². The van der Waals surface area contributed by atoms with E-state index in [1.165, 1.54) is 30.9 Å². The molecule has 0 bridgehead atoms. The van der Waals surface area contributed by atoms with E-state index in [1.54, 1.807) is 0 Å². The van der Waals surface area contributed by atoms with Gasteiger partial charge < -0.3 is 5.11 Å². The predicted molar refractivity (Wildman–Crippen MR) is 59.6 cm³/mol. The number of fused-ring (bicyclic) bond motifs is 1. The Morgan fingerprint density at radius 1 is 1.53 bits per heavy atom. The minimum absolute atomic E-state index is 0.375. The van der Waals surface area contributed by atoms with E-state index in [0.717, 1.165) is 18.8 Å². The molecule has 3 atom stereocenters. The third-order valence-electron chi connectivity index (χ3n) is 4.75. The maximum absolute atomic E-state index is 10.8. The van der Waals surface area contributed by atoms with Crippen molar-refractivity contribution < 1.29 is 9.90 Å². The lowest BCUT2D eigenvalue weighted by Crippen LogP contribution is -2.32. The van der Waals surface area contributed by atoms with Crippen LogP contribution in [0, 0.1) is 17.3 Å². The molecule has 2 aliphatic carbocycles. The lowest BCUT2D eigenvalue weighted by molar-refractivity contribution is -0.131. The molecule has 2 heteroatoms. The Balaban J connectivity index is 2.27. The Morgan fingerprint density at radius 3 is 2.93 bits per heavy atom. The number of rotatable bonds is 1. The van der Waals surface area contributed by atoms with E-state index in [1.807, 2.05) is 0 Å². The molecule has 0 aromatic carbocycles. The predicted octanol–water partition coefficient (Wildman–Crippen LogP) is 3.23. The Kier molecular flexibility index (Phi) is 2.61. The summed E-state index contributed by atoms with van der Waals surface area (Å²) in [7, 11) is 0. The third-order valence-corrected chi connectivity index (χ3v) is 4.75. The highest BCUT2D eigenvalue weighted by Gasteiger charge is 2.47. The molecule has 2 rings (SSSR count). The van der Waals surface area contributed by atoms with E-state index in [-0.39, 0.29) is 0 Å². The van der Waals surface area contributed by atoms with E-state index in [2.05, 4.69) is 13.8 Å². The van der Waals surface area contributed by atoms with Gasteiger partial charge in [-0.25, -0.2) is 4.79 Å². The molecule has 0 amide bonds. The van der Waals surface area contributed by atoms with Gasteiger partial charge in [0.1, 0.15) is 0 Å². The van der Waals surface area contributed by atoms with Crippen molar-refractivity contribution in [2.24, 2.45) is 17.3 Å². The highest BCUT2D eigenvalue weighted by atomic mass is 16.4. The highest BCUT2D eigenvalue weighted by Crippen LogP contribution is 2.56. The molecule has 0 heterocycles. The van der Waals surface area contributed by atoms with Crippen LogP contribution in [0.3, 0.4) is 0 Å². The summed E-state index contributed by atoms with van der Waals surface area (Å²) in [6, 6.07) is 0. The van der Waals surface area contributed by atoms with Crippen LogP contribution >= 0.6 is 0 Å². The fourth-order valence-electron chi connectivity index (χ4n) is 3.63. The van der Waals surface area contributed by atoms with E-state index in [9.17, 15) is 4.79 Å². The number of carboxylic acids is 1. The molecule has 0 aromatic heterocycles. The van der Waals surface area contributed by atoms with Crippen LogP contribution in [0.2, 0.25) is 0 Å². The average Bonchev–Trinajstić information content (AvgIpc) is 2.43. The van der Waals surface area contributed by atoms with Crippen molar-refractivity contribution in [1.82, 2.24) is 0 Å². The second-order valence-corrected chi connectivity index (χ2v) is 5.45. The molecule has 0 aromatic rings. The molecule has 84 valence electrons. The molecule has 1 N–H and O–H groups in total. The number of aliphatic carboxylic acids is 1. The number of hydrogen-bond donors (Lipinski definition) is 1. The number of carboxylic acid groups (broad SMARTS) is 1. The van der Waals surface area contributed by atoms with Gasteiger partial charge in [0.05, 0.1) is 0 Å². The largest absolute Gasteiger partial charge is 0.478 e. The van der Waals surface area contributed by atoms with Gasteiger partial charge in [0.2, 0.25) is 0 Å². The van der Waals surface area contributed by atoms with E-state index < -0.39 is 5.97 Å². The van der Waals surface area contributed by atoms with Crippen molar-refractivity contribution in [1.29, 1.82) is 0 Å². The molecule has 15 heavy (non-hydrogen) atoms. The summed E-state index contributed by atoms with van der Waals surface area (Å²) in [5.74, 6) is 0.520. The van der Waals surface area contributed by atoms with Crippen molar-refractivity contribution in [2.75, 3.05) is 0 Å². The fraction of sp³-hybridized carbons (Fsp3) is 0.769. The van der Waals surface area contributed by atoms with Gasteiger partial charge in [-0.3, -0.25) is 0 Å². The topological polar surface area (TPSA) is 37.3 Å². The van der Waals surface area contributed by atoms with Crippen LogP contribution in [0.5, 0.6) is 0 Å². The molecule has 2 saturated carbocycles. The van der Waals surface area contributed by atoms with Crippen LogP contribution in [-0.4, -0.2) is 11.1 Å². The van der Waals surface area contributed by atoms with E-state index in [4.69, 9.17) is 5.11 Å². The van der Waals surface area contributed by atoms with Gasteiger partial charge >= 0.3 is 5.97 Å². The molecular formula is C13H20O2. The molecule has 1 unspecified atom stereocenters. The fourth-order valence-corrected chi connectivity index (χ4v) is 3.63. The van der Waals surface area contributed by atoms with Gasteiger partial charge in [-0.05, 0) is 49.4 Å². The number of allylic oxidation sites excluding steroid dienone is 1. The van der Waals surface area contributed by atoms with Gasteiger partial charge in [-0.15, -0.1) is 0 Å². The van der Waals surface area contributed by atoms with Crippen molar-refractivity contribution in [3.8, 4) is 0 Å². The molecule has 0 aliphatic heterocycles. The number of hydrogen-bond acceptors (Lipinski definition) is 1. The first-order valence-corrected chi connectivity index (χ1v) is 5.97. The van der Waals surface area contributed by atoms with Crippen LogP contribution in [0.25, 0.3) is 0 Å². The molecule has 0 saturated heterocycles. The molecule has 0 radical (unpaired) electrons. The van der Waals surface area contributed by atoms with Crippen LogP contribution in [0.1, 0.15) is 46.0 Å². The van der Waals surface area contributed by atoms with Crippen molar-refractivity contribution in [2.45, 2.75) is 46.0 Å². The van der Waals surface area contributed by atoms with Gasteiger partial charge in [0.25, 0.3) is 0 Å². The zero-order valence-electron chi connectivity index (χ0n) is 9.62. The van der Waals surface area contributed by atoms with E-state index in [0.29, 0.717) is 11.3 Å². The minimum atomic E-state index is -0.770. The smallest absolute Gasteiger partial charge is 0.328 e. The summed E-state index contributed by atoms with van der Waals surface area (Å²) >= 11 is 0. The van der Waals surface area contributed by atoms with Gasteiger partial charge in [0, 0.05) is 6.08 Å². The quantitative estimate of drug-likeness (QED) is 0.672. The normalized spacial score (nSPS) is 42.9. The number of carbonyl (C=O) groups is 1. The lowest BCUT2D eigenvalue weighted by atomic mass is 9.64. The maximum Gasteiger partial charge on any atom is 0.328 e. The molecule has 0 spiro atoms. The average molecular weight is 208 g/mol. The molecule has 2 nitrogen and oxygen atoms in total. The summed E-state index contributed by atoms with van der Waals surface area (Å²) in [4.78, 5) is 10.8. The Hall–Kier alpha value is -0.790. The molecule has 2 aliphatic rings. The summed E-state index contributed by atoms with van der Waals surface area (Å²) < 4.78 is 0. The van der Waals surface area contributed by atoms with Gasteiger partial charge in [-0.2, -0.15) is 0 Å². The second kappa shape index (κ2) is 3.66. The van der Waals surface area contributed by atoms with E-state index >= 15 is 0 Å². The monoisotopic (exact) mass is 208 g/mol. The van der Waals surface area contributed by atoms with Crippen LogP contribution < -0.4 is 0 Å². The highest BCUT2D eigenvalue weighted by molar-refractivity contribution is 5.80. The first-order chi connectivity index (χ1) is 7.04. The Labute approximate surface area is 91.4 Å². The maximum atomic E-state index is 10.8. The first kappa shape index (κ1) is 10.7. The zero-order chi connectivity index (χ0) is 11.1. The van der Waals surface area contributed by atoms with Crippen molar-refractivity contribution >= 4 is 5.97 Å². The summed E-state index contributed by atoms with van der Waals surface area (Å²) in [5, 5.41) is 8.86. The van der Waals surface area contributed by atoms with Crippen LogP contribution in [0.15, 0.2) is 11.6 Å². The molecular weight excluding hydrogens is 188 g/mol. The zero-order valence-corrected chi connectivity index (χ0v) is 9.62. The summed E-state index contributed by atoms with van der Waals surface area (Å²) in [6.45, 7) is 4.67. The summed E-state index contributed by atoms with van der Waals surface area (Å²) in [6.07, 6.45) is 7.36. The first-order valence-electron chi connectivity index (χ1n) is 5.97. The summed E-state index contributed by atoms with van der Waals surface area (Å²) in [5.41, 5.74) is 1.57. The third kappa shape index (κ3) is 1.70. The van der Waals surface area contributed by atoms with Crippen LogP contribution in [0.4, 0.5) is 0 Å². The lowest BCUT2D eigenvalue weighted by Gasteiger charge is -2.41. The second-order valence-electron chi connectivity index (χ2n) is 5.45. The Morgan fingerprint density at radius 2 is 2.27 bits per heavy atom. The standard InChI is InChI=1S/C13H20O2/c1-9-5-6-11-10(8-12(14)15)4-3-7-13(9,11)2/h8-9,11H,3-7H2,1-2H3,(H,14,15)/b10-8-/t9?,11-,13+/m0/s1. The van der Waals surface area contributed by atoms with Gasteiger partial charge in [0.15, 0.2) is 0 Å². The van der Waals surface area contributed by atoms with Crippen molar-refractivity contribution in [3.05, 3.63) is 11.6 Å². The molecule has 2 fully saturated rings.